The topological polar surface area (TPSA) is 101 Å². The van der Waals surface area contributed by atoms with Gasteiger partial charge in [0.15, 0.2) is 0 Å². The normalized spacial score (nSPS) is 10.8. The standard InChI is InChI=1S/C32H58N4O4/c1-3-5-7-9-11-13-15-17-19-25-33-27-39-31(37)35-29-21-23-30(24-22-29)36-32(38)40-28-34-26-20-18-16-14-12-10-8-6-4-2/h21-24,33-34H,3-20,25-28H2,1-2H3,(H,35,37)(H,36,38). The maximum Gasteiger partial charge on any atom is 0.412 e. The summed E-state index contributed by atoms with van der Waals surface area (Å²) in [6.45, 7) is 6.54. The van der Waals surface area contributed by atoms with Crippen molar-refractivity contribution in [1.29, 1.82) is 0 Å². The van der Waals surface area contributed by atoms with Crippen LogP contribution in [0.1, 0.15) is 129 Å². The zero-order chi connectivity index (χ0) is 28.9. The van der Waals surface area contributed by atoms with Gasteiger partial charge in [-0.3, -0.25) is 21.3 Å². The number of hydrogen-bond donors (Lipinski definition) is 4. The number of unbranched alkanes of at least 4 members (excludes halogenated alkanes) is 16. The van der Waals surface area contributed by atoms with Crippen LogP contribution in [0.15, 0.2) is 24.3 Å². The highest BCUT2D eigenvalue weighted by Crippen LogP contribution is 2.14. The Balaban J connectivity index is 1.98. The van der Waals surface area contributed by atoms with Gasteiger partial charge >= 0.3 is 12.2 Å². The van der Waals surface area contributed by atoms with Crippen molar-refractivity contribution in [3.05, 3.63) is 24.3 Å². The lowest BCUT2D eigenvalue weighted by molar-refractivity contribution is 0.150. The minimum atomic E-state index is -0.516. The van der Waals surface area contributed by atoms with Crippen LogP contribution in [0, 0.1) is 0 Å². The fourth-order valence-corrected chi connectivity index (χ4v) is 4.44. The Bertz CT molecular complexity index is 669. The zero-order valence-corrected chi connectivity index (χ0v) is 25.5. The van der Waals surface area contributed by atoms with Gasteiger partial charge in [-0.25, -0.2) is 9.59 Å². The highest BCUT2D eigenvalue weighted by molar-refractivity contribution is 5.87. The highest BCUT2D eigenvalue weighted by atomic mass is 16.6. The van der Waals surface area contributed by atoms with Crippen LogP contribution < -0.4 is 21.3 Å². The summed E-state index contributed by atoms with van der Waals surface area (Å²) in [6, 6.07) is 6.81. The van der Waals surface area contributed by atoms with Crippen LogP contribution in [0.3, 0.4) is 0 Å². The number of carbonyl (C=O) groups excluding carboxylic acids is 2. The van der Waals surface area contributed by atoms with Crippen molar-refractivity contribution in [2.24, 2.45) is 0 Å². The van der Waals surface area contributed by atoms with Gasteiger partial charge in [-0.05, 0) is 50.2 Å². The molecule has 1 aromatic rings. The van der Waals surface area contributed by atoms with Gasteiger partial charge in [-0.2, -0.15) is 0 Å². The molecule has 8 nitrogen and oxygen atoms in total. The highest BCUT2D eigenvalue weighted by Gasteiger charge is 2.06. The number of ether oxygens (including phenoxy) is 2. The molecule has 0 atom stereocenters. The number of nitrogens with one attached hydrogen (secondary N) is 4. The van der Waals surface area contributed by atoms with Crippen LogP contribution in [-0.4, -0.2) is 38.7 Å². The maximum atomic E-state index is 12.0. The molecular weight excluding hydrogens is 504 g/mol. The summed E-state index contributed by atoms with van der Waals surface area (Å²) >= 11 is 0. The molecule has 1 aromatic carbocycles. The largest absolute Gasteiger partial charge is 0.433 e. The lowest BCUT2D eigenvalue weighted by Gasteiger charge is -2.10. The first-order chi connectivity index (χ1) is 19.7. The average Bonchev–Trinajstić information content (AvgIpc) is 2.95. The fourth-order valence-electron chi connectivity index (χ4n) is 4.44. The average molecular weight is 563 g/mol. The van der Waals surface area contributed by atoms with Gasteiger partial charge in [0.25, 0.3) is 0 Å². The minimum Gasteiger partial charge on any atom is -0.433 e. The maximum absolute atomic E-state index is 12.0. The second-order valence-corrected chi connectivity index (χ2v) is 10.6. The number of carbonyl (C=O) groups is 2. The zero-order valence-electron chi connectivity index (χ0n) is 25.5. The van der Waals surface area contributed by atoms with Gasteiger partial charge in [0.05, 0.1) is 0 Å². The molecule has 0 aliphatic carbocycles. The Morgan fingerprint density at radius 2 is 0.800 bits per heavy atom. The lowest BCUT2D eigenvalue weighted by Crippen LogP contribution is -2.24. The van der Waals surface area contributed by atoms with Crippen LogP contribution >= 0.6 is 0 Å². The molecular formula is C32H58N4O4. The van der Waals surface area contributed by atoms with E-state index in [-0.39, 0.29) is 13.5 Å². The number of rotatable bonds is 26. The lowest BCUT2D eigenvalue weighted by atomic mass is 10.1. The molecule has 1 rings (SSSR count). The summed E-state index contributed by atoms with van der Waals surface area (Å²) in [5.41, 5.74) is 1.18. The van der Waals surface area contributed by atoms with Crippen molar-refractivity contribution >= 4 is 23.6 Å². The van der Waals surface area contributed by atoms with Gasteiger partial charge in [0, 0.05) is 11.4 Å². The molecule has 0 aromatic heterocycles. The molecule has 0 fully saturated rings. The number of amides is 2. The van der Waals surface area contributed by atoms with Crippen molar-refractivity contribution in [1.82, 2.24) is 10.6 Å². The Hall–Kier alpha value is -2.32. The second-order valence-electron chi connectivity index (χ2n) is 10.6. The number of hydrogen-bond acceptors (Lipinski definition) is 6. The van der Waals surface area contributed by atoms with Gasteiger partial charge in [-0.1, -0.05) is 117 Å². The Kier molecular flexibility index (Phi) is 24.0. The first-order valence-electron chi connectivity index (χ1n) is 16.0. The monoisotopic (exact) mass is 562 g/mol. The molecule has 0 unspecified atom stereocenters. The Morgan fingerprint density at radius 1 is 0.500 bits per heavy atom. The van der Waals surface area contributed by atoms with Crippen LogP contribution in [0.4, 0.5) is 21.0 Å². The van der Waals surface area contributed by atoms with Crippen LogP contribution in [0.25, 0.3) is 0 Å². The minimum absolute atomic E-state index is 0.182. The SMILES string of the molecule is CCCCCCCCCCCNCOC(=O)Nc1ccc(NC(=O)OCNCCCCCCCCCCC)cc1. The molecule has 0 saturated heterocycles. The molecule has 0 aliphatic rings. The summed E-state index contributed by atoms with van der Waals surface area (Å²) in [5, 5.41) is 11.7. The summed E-state index contributed by atoms with van der Waals surface area (Å²) < 4.78 is 10.3. The second kappa shape index (κ2) is 26.9. The van der Waals surface area contributed by atoms with Gasteiger partial charge in [0.2, 0.25) is 0 Å². The van der Waals surface area contributed by atoms with Crippen LogP contribution in [-0.2, 0) is 9.47 Å². The van der Waals surface area contributed by atoms with Crippen LogP contribution in [0.2, 0.25) is 0 Å². The first-order valence-corrected chi connectivity index (χ1v) is 16.0. The van der Waals surface area contributed by atoms with E-state index in [0.717, 1.165) is 25.9 Å². The van der Waals surface area contributed by atoms with Crippen molar-refractivity contribution in [3.63, 3.8) is 0 Å². The smallest absolute Gasteiger partial charge is 0.412 e. The number of anilines is 2. The van der Waals surface area contributed by atoms with Crippen molar-refractivity contribution in [3.8, 4) is 0 Å². The number of benzene rings is 1. The third-order valence-electron chi connectivity index (χ3n) is 6.90. The molecule has 0 heterocycles. The molecule has 2 amide bonds. The van der Waals surface area contributed by atoms with E-state index in [2.05, 4.69) is 35.1 Å². The van der Waals surface area contributed by atoms with Crippen molar-refractivity contribution in [2.45, 2.75) is 129 Å². The van der Waals surface area contributed by atoms with Gasteiger partial charge in [0.1, 0.15) is 13.5 Å². The molecule has 0 radical (unpaired) electrons. The molecule has 0 saturated carbocycles. The van der Waals surface area contributed by atoms with E-state index in [1.807, 2.05) is 0 Å². The van der Waals surface area contributed by atoms with E-state index in [4.69, 9.17) is 9.47 Å². The Labute approximate surface area is 244 Å². The first kappa shape index (κ1) is 35.7. The van der Waals surface area contributed by atoms with Gasteiger partial charge in [-0.15, -0.1) is 0 Å². The molecule has 0 aliphatic heterocycles. The van der Waals surface area contributed by atoms with E-state index >= 15 is 0 Å². The van der Waals surface area contributed by atoms with Crippen molar-refractivity contribution < 1.29 is 19.1 Å². The summed E-state index contributed by atoms with van der Waals surface area (Å²) in [7, 11) is 0. The van der Waals surface area contributed by atoms with Crippen molar-refractivity contribution in [2.75, 3.05) is 37.2 Å². The summed E-state index contributed by atoms with van der Waals surface area (Å²) in [4.78, 5) is 24.0. The van der Waals surface area contributed by atoms with E-state index in [0.29, 0.717) is 11.4 Å². The Morgan fingerprint density at radius 3 is 1.12 bits per heavy atom. The molecule has 4 N–H and O–H groups in total. The third-order valence-corrected chi connectivity index (χ3v) is 6.90. The van der Waals surface area contributed by atoms with E-state index in [1.54, 1.807) is 24.3 Å². The molecule has 40 heavy (non-hydrogen) atoms. The molecule has 0 bridgehead atoms. The van der Waals surface area contributed by atoms with Crippen LogP contribution in [0.5, 0.6) is 0 Å². The molecule has 230 valence electrons. The predicted molar refractivity (Wildman–Crippen MR) is 167 cm³/mol. The van der Waals surface area contributed by atoms with Gasteiger partial charge < -0.3 is 9.47 Å². The van der Waals surface area contributed by atoms with E-state index < -0.39 is 12.2 Å². The predicted octanol–water partition coefficient (Wildman–Crippen LogP) is 8.94. The molecule has 8 heteroatoms. The fraction of sp³-hybridized carbons (Fsp3) is 0.750. The summed E-state index contributed by atoms with van der Waals surface area (Å²) in [6.07, 6.45) is 22.2. The third kappa shape index (κ3) is 22.5. The molecule has 0 spiro atoms. The van der Waals surface area contributed by atoms with E-state index in [1.165, 1.54) is 103 Å². The quantitative estimate of drug-likeness (QED) is 0.0664. The van der Waals surface area contributed by atoms with E-state index in [9.17, 15) is 9.59 Å². The summed E-state index contributed by atoms with van der Waals surface area (Å²) in [5.74, 6) is 0.